The van der Waals surface area contributed by atoms with Crippen LogP contribution in [0.4, 0.5) is 4.79 Å². The normalized spacial score (nSPS) is 18.4. The molecule has 0 aromatic rings. The Labute approximate surface area is 115 Å². The number of esters is 1. The van der Waals surface area contributed by atoms with Gasteiger partial charge in [-0.25, -0.2) is 14.4 Å². The fourth-order valence-corrected chi connectivity index (χ4v) is 1.61. The second-order valence-electron chi connectivity index (χ2n) is 4.01. The lowest BCUT2D eigenvalue weighted by atomic mass is 10.3. The SMILES string of the molecule is COC(=O)C1CN(C(=O)NCCOCC(=O)O)CCO1. The predicted octanol–water partition coefficient (Wildman–Crippen LogP) is -1.33. The Balaban J connectivity index is 2.25. The molecule has 1 atom stereocenters. The van der Waals surface area contributed by atoms with E-state index in [9.17, 15) is 14.4 Å². The first kappa shape index (κ1) is 16.2. The molecule has 0 aromatic heterocycles. The Morgan fingerprint density at radius 1 is 1.45 bits per heavy atom. The van der Waals surface area contributed by atoms with Gasteiger partial charge in [-0.2, -0.15) is 0 Å². The van der Waals surface area contributed by atoms with Crippen molar-refractivity contribution < 1.29 is 33.7 Å². The van der Waals surface area contributed by atoms with Crippen LogP contribution in [0.5, 0.6) is 0 Å². The third-order valence-corrected chi connectivity index (χ3v) is 2.57. The van der Waals surface area contributed by atoms with Gasteiger partial charge in [-0.1, -0.05) is 0 Å². The van der Waals surface area contributed by atoms with Gasteiger partial charge in [0.1, 0.15) is 6.61 Å². The topological polar surface area (TPSA) is 114 Å². The first-order valence-electron chi connectivity index (χ1n) is 6.06. The van der Waals surface area contributed by atoms with Crippen LogP contribution in [0.25, 0.3) is 0 Å². The number of hydrogen-bond donors (Lipinski definition) is 2. The maximum atomic E-state index is 11.8. The standard InChI is InChI=1S/C11H18N2O7/c1-18-10(16)8-6-13(3-5-20-8)11(17)12-2-4-19-7-9(14)15/h8H,2-7H2,1H3,(H,12,17)(H,14,15). The average Bonchev–Trinajstić information content (AvgIpc) is 2.45. The molecule has 1 saturated heterocycles. The van der Waals surface area contributed by atoms with Crippen molar-refractivity contribution >= 4 is 18.0 Å². The molecule has 1 fully saturated rings. The molecule has 9 nitrogen and oxygen atoms in total. The molecular formula is C11H18N2O7. The molecule has 1 heterocycles. The number of nitrogens with zero attached hydrogens (tertiary/aromatic N) is 1. The van der Waals surface area contributed by atoms with E-state index in [0.29, 0.717) is 6.54 Å². The van der Waals surface area contributed by atoms with E-state index < -0.39 is 24.6 Å². The predicted molar refractivity (Wildman–Crippen MR) is 65.2 cm³/mol. The number of amides is 2. The highest BCUT2D eigenvalue weighted by Gasteiger charge is 2.29. The van der Waals surface area contributed by atoms with Crippen molar-refractivity contribution in [3.8, 4) is 0 Å². The average molecular weight is 290 g/mol. The summed E-state index contributed by atoms with van der Waals surface area (Å²) in [6, 6.07) is -0.360. The minimum absolute atomic E-state index is 0.100. The van der Waals surface area contributed by atoms with Gasteiger partial charge < -0.3 is 29.5 Å². The second kappa shape index (κ2) is 8.33. The number of hydrogen-bond acceptors (Lipinski definition) is 6. The molecule has 0 aliphatic carbocycles. The summed E-state index contributed by atoms with van der Waals surface area (Å²) in [5.41, 5.74) is 0. The van der Waals surface area contributed by atoms with E-state index in [4.69, 9.17) is 14.6 Å². The van der Waals surface area contributed by atoms with Crippen LogP contribution in [0.15, 0.2) is 0 Å². The maximum Gasteiger partial charge on any atom is 0.336 e. The molecule has 1 aliphatic rings. The molecule has 1 rings (SSSR count). The molecule has 20 heavy (non-hydrogen) atoms. The first-order valence-corrected chi connectivity index (χ1v) is 6.06. The lowest BCUT2D eigenvalue weighted by Gasteiger charge is -2.31. The number of methoxy groups -OCH3 is 1. The summed E-state index contributed by atoms with van der Waals surface area (Å²) in [5, 5.41) is 10.9. The summed E-state index contributed by atoms with van der Waals surface area (Å²) < 4.78 is 14.5. The van der Waals surface area contributed by atoms with Gasteiger partial charge in [0.25, 0.3) is 0 Å². The zero-order valence-corrected chi connectivity index (χ0v) is 11.2. The van der Waals surface area contributed by atoms with Crippen molar-refractivity contribution in [3.05, 3.63) is 0 Å². The Kier molecular flexibility index (Phi) is 6.74. The Morgan fingerprint density at radius 2 is 2.20 bits per heavy atom. The van der Waals surface area contributed by atoms with E-state index in [1.165, 1.54) is 12.0 Å². The fraction of sp³-hybridized carbons (Fsp3) is 0.727. The van der Waals surface area contributed by atoms with Crippen LogP contribution in [0, 0.1) is 0 Å². The lowest BCUT2D eigenvalue weighted by Crippen LogP contribution is -2.52. The van der Waals surface area contributed by atoms with E-state index in [0.717, 1.165) is 0 Å². The van der Waals surface area contributed by atoms with Crippen molar-refractivity contribution in [2.75, 3.05) is 46.6 Å². The minimum Gasteiger partial charge on any atom is -0.480 e. The summed E-state index contributed by atoms with van der Waals surface area (Å²) in [5.74, 6) is -1.59. The Hall–Kier alpha value is -1.87. The van der Waals surface area contributed by atoms with Crippen LogP contribution in [0.2, 0.25) is 0 Å². The number of urea groups is 1. The number of nitrogens with one attached hydrogen (secondary N) is 1. The van der Waals surface area contributed by atoms with Crippen molar-refractivity contribution in [3.63, 3.8) is 0 Å². The molecule has 9 heteroatoms. The molecule has 0 radical (unpaired) electrons. The highest BCUT2D eigenvalue weighted by Crippen LogP contribution is 2.06. The monoisotopic (exact) mass is 290 g/mol. The Bertz CT molecular complexity index is 361. The van der Waals surface area contributed by atoms with E-state index in [1.807, 2.05) is 0 Å². The molecule has 2 N–H and O–H groups in total. The fourth-order valence-electron chi connectivity index (χ4n) is 1.61. The van der Waals surface area contributed by atoms with Crippen molar-refractivity contribution in [2.24, 2.45) is 0 Å². The van der Waals surface area contributed by atoms with Crippen molar-refractivity contribution in [1.29, 1.82) is 0 Å². The Morgan fingerprint density at radius 3 is 2.85 bits per heavy atom. The van der Waals surface area contributed by atoms with Gasteiger partial charge in [0.15, 0.2) is 6.10 Å². The third kappa shape index (κ3) is 5.41. The number of carboxylic acids is 1. The summed E-state index contributed by atoms with van der Waals surface area (Å²) in [7, 11) is 1.25. The van der Waals surface area contributed by atoms with Gasteiger partial charge in [0, 0.05) is 13.1 Å². The van der Waals surface area contributed by atoms with Gasteiger partial charge in [0.05, 0.1) is 26.9 Å². The van der Waals surface area contributed by atoms with Gasteiger partial charge in [0.2, 0.25) is 0 Å². The number of rotatable bonds is 6. The molecule has 0 aromatic carbocycles. The highest BCUT2D eigenvalue weighted by molar-refractivity contribution is 5.78. The highest BCUT2D eigenvalue weighted by atomic mass is 16.6. The van der Waals surface area contributed by atoms with Crippen LogP contribution in [-0.4, -0.2) is 80.6 Å². The van der Waals surface area contributed by atoms with Crippen LogP contribution in [0.3, 0.4) is 0 Å². The zero-order chi connectivity index (χ0) is 15.0. The molecule has 1 unspecified atom stereocenters. The van der Waals surface area contributed by atoms with Crippen molar-refractivity contribution in [1.82, 2.24) is 10.2 Å². The summed E-state index contributed by atoms with van der Waals surface area (Å²) in [6.07, 6.45) is -0.775. The molecule has 114 valence electrons. The van der Waals surface area contributed by atoms with Crippen LogP contribution in [-0.2, 0) is 23.8 Å². The third-order valence-electron chi connectivity index (χ3n) is 2.57. The van der Waals surface area contributed by atoms with E-state index in [-0.39, 0.29) is 32.3 Å². The van der Waals surface area contributed by atoms with Gasteiger partial charge in [-0.05, 0) is 0 Å². The number of ether oxygens (including phenoxy) is 3. The number of aliphatic carboxylic acids is 1. The first-order chi connectivity index (χ1) is 9.54. The molecule has 1 aliphatic heterocycles. The molecule has 2 amide bonds. The summed E-state index contributed by atoms with van der Waals surface area (Å²) in [6.45, 7) is 0.625. The van der Waals surface area contributed by atoms with E-state index in [1.54, 1.807) is 0 Å². The van der Waals surface area contributed by atoms with Crippen molar-refractivity contribution in [2.45, 2.75) is 6.10 Å². The van der Waals surface area contributed by atoms with Gasteiger partial charge in [-0.3, -0.25) is 0 Å². The van der Waals surface area contributed by atoms with Gasteiger partial charge in [-0.15, -0.1) is 0 Å². The molecule has 0 spiro atoms. The summed E-state index contributed by atoms with van der Waals surface area (Å²) in [4.78, 5) is 34.7. The lowest BCUT2D eigenvalue weighted by molar-refractivity contribution is -0.158. The second-order valence-corrected chi connectivity index (χ2v) is 4.01. The van der Waals surface area contributed by atoms with E-state index in [2.05, 4.69) is 10.1 Å². The quantitative estimate of drug-likeness (QED) is 0.460. The maximum absolute atomic E-state index is 11.8. The van der Waals surface area contributed by atoms with Gasteiger partial charge >= 0.3 is 18.0 Å². The van der Waals surface area contributed by atoms with Crippen LogP contribution < -0.4 is 5.32 Å². The molecular weight excluding hydrogens is 272 g/mol. The molecule has 0 bridgehead atoms. The number of carboxylic acid groups (broad SMARTS) is 1. The zero-order valence-electron chi connectivity index (χ0n) is 11.2. The van der Waals surface area contributed by atoms with Crippen LogP contribution >= 0.6 is 0 Å². The number of morpholine rings is 1. The minimum atomic E-state index is -1.06. The summed E-state index contributed by atoms with van der Waals surface area (Å²) >= 11 is 0. The molecule has 0 saturated carbocycles. The van der Waals surface area contributed by atoms with E-state index >= 15 is 0 Å². The smallest absolute Gasteiger partial charge is 0.336 e. The number of carbonyl (C=O) groups is 3. The van der Waals surface area contributed by atoms with Crippen LogP contribution in [0.1, 0.15) is 0 Å². The number of carbonyl (C=O) groups excluding carboxylic acids is 2. The largest absolute Gasteiger partial charge is 0.480 e.